The standard InChI is InChI=1S/C51H96O17P2/c1-4-6-23-29-42(52)33-34-46-47(49(56)36-48(46)55)35-43(53)30-26-27-32-51(58)68-45(40-67-70(62,63)66-38-44(54)37-65-69(59,60)61)39-64-50(57)31-25-22-20-18-16-14-12-10-8-7-9-11-13-15-17-19-21-24-28-41(3)5-2/h33-34,41-42,44-49,52,54-56H,4-32,35-40H2,1-3H3,(H,62,63)(H2,59,60,61)/b34-33+/t41?,42-,44-,45+,46+,47+,48+,49-/m0/s1. The number of phosphoric acid groups is 2. The van der Waals surface area contributed by atoms with Gasteiger partial charge in [0.1, 0.15) is 18.5 Å². The van der Waals surface area contributed by atoms with Crippen molar-refractivity contribution in [1.82, 2.24) is 0 Å². The second kappa shape index (κ2) is 40.8. The highest BCUT2D eigenvalue weighted by Gasteiger charge is 2.41. The van der Waals surface area contributed by atoms with Gasteiger partial charge in [-0.3, -0.25) is 28.0 Å². The molecule has 1 saturated carbocycles. The Bertz CT molecular complexity index is 1480. The Hall–Kier alpha value is -1.59. The highest BCUT2D eigenvalue weighted by atomic mass is 31.2. The minimum absolute atomic E-state index is 0.0186. The molecule has 0 aromatic rings. The van der Waals surface area contributed by atoms with Crippen molar-refractivity contribution < 1.29 is 81.7 Å². The molecule has 2 unspecified atom stereocenters. The maximum Gasteiger partial charge on any atom is 0.472 e. The molecule has 9 atom stereocenters. The molecule has 0 amide bonds. The summed E-state index contributed by atoms with van der Waals surface area (Å²) in [5.41, 5.74) is 0. The summed E-state index contributed by atoms with van der Waals surface area (Å²) in [7, 11) is -9.83. The van der Waals surface area contributed by atoms with Gasteiger partial charge in [0.25, 0.3) is 0 Å². The summed E-state index contributed by atoms with van der Waals surface area (Å²) in [6.07, 6.45) is 26.8. The van der Waals surface area contributed by atoms with Crippen LogP contribution in [0.15, 0.2) is 12.2 Å². The number of phosphoric ester groups is 2. The van der Waals surface area contributed by atoms with Gasteiger partial charge in [-0.05, 0) is 31.6 Å². The van der Waals surface area contributed by atoms with Gasteiger partial charge in [-0.15, -0.1) is 0 Å². The molecule has 7 N–H and O–H groups in total. The van der Waals surface area contributed by atoms with Crippen LogP contribution in [0.2, 0.25) is 0 Å². The van der Waals surface area contributed by atoms with Crippen molar-refractivity contribution >= 4 is 33.4 Å². The fourth-order valence-corrected chi connectivity index (χ4v) is 9.77. The van der Waals surface area contributed by atoms with E-state index in [1.165, 1.54) is 96.3 Å². The largest absolute Gasteiger partial charge is 0.472 e. The topological polar surface area (TPSA) is 273 Å². The van der Waals surface area contributed by atoms with Crippen LogP contribution in [0.25, 0.3) is 0 Å². The molecule has 1 aliphatic rings. The van der Waals surface area contributed by atoms with Gasteiger partial charge >= 0.3 is 27.6 Å². The van der Waals surface area contributed by atoms with Crippen LogP contribution in [-0.2, 0) is 46.6 Å². The summed E-state index contributed by atoms with van der Waals surface area (Å²) >= 11 is 0. The number of aliphatic hydroxyl groups excluding tert-OH is 4. The zero-order chi connectivity index (χ0) is 52.0. The van der Waals surface area contributed by atoms with Crippen LogP contribution >= 0.6 is 15.6 Å². The van der Waals surface area contributed by atoms with Gasteiger partial charge in [0.15, 0.2) is 6.10 Å². The van der Waals surface area contributed by atoms with E-state index in [9.17, 15) is 48.8 Å². The number of hydrogen-bond donors (Lipinski definition) is 7. The summed E-state index contributed by atoms with van der Waals surface area (Å²) < 4.78 is 47.9. The first-order valence-electron chi connectivity index (χ1n) is 26.9. The fraction of sp³-hybridized carbons (Fsp3) is 0.902. The van der Waals surface area contributed by atoms with Crippen LogP contribution in [0.5, 0.6) is 0 Å². The normalized spacial score (nSPS) is 20.0. The van der Waals surface area contributed by atoms with Gasteiger partial charge in [0.2, 0.25) is 0 Å². The molecular formula is C51H96O17P2. The maximum atomic E-state index is 12.9. The van der Waals surface area contributed by atoms with E-state index in [1.54, 1.807) is 12.2 Å². The number of esters is 2. The summed E-state index contributed by atoms with van der Waals surface area (Å²) in [5.74, 6) is -1.59. The molecule has 1 fully saturated rings. The summed E-state index contributed by atoms with van der Waals surface area (Å²) in [6.45, 7) is 3.65. The van der Waals surface area contributed by atoms with E-state index in [0.29, 0.717) is 19.3 Å². The van der Waals surface area contributed by atoms with Crippen LogP contribution in [0.1, 0.15) is 220 Å². The molecule has 0 saturated heterocycles. The Kier molecular flexibility index (Phi) is 38.7. The minimum Gasteiger partial charge on any atom is -0.462 e. The Morgan fingerprint density at radius 2 is 1.09 bits per heavy atom. The molecule has 0 aromatic heterocycles. The van der Waals surface area contributed by atoms with Gasteiger partial charge < -0.3 is 44.6 Å². The lowest BCUT2D eigenvalue weighted by atomic mass is 9.87. The monoisotopic (exact) mass is 1040 g/mol. The summed E-state index contributed by atoms with van der Waals surface area (Å²) in [4.78, 5) is 66.1. The van der Waals surface area contributed by atoms with Crippen LogP contribution in [0.4, 0.5) is 0 Å². The summed E-state index contributed by atoms with van der Waals surface area (Å²) in [6, 6.07) is 0. The molecule has 0 aliphatic heterocycles. The van der Waals surface area contributed by atoms with E-state index in [4.69, 9.17) is 23.8 Å². The molecule has 0 aromatic carbocycles. The van der Waals surface area contributed by atoms with Crippen molar-refractivity contribution in [2.75, 3.05) is 26.4 Å². The number of carbonyl (C=O) groups excluding carboxylic acids is 3. The number of aliphatic hydroxyl groups is 4. The molecule has 0 heterocycles. The van der Waals surface area contributed by atoms with Gasteiger partial charge in [0, 0.05) is 43.9 Å². The van der Waals surface area contributed by atoms with Gasteiger partial charge in [0.05, 0.1) is 38.1 Å². The van der Waals surface area contributed by atoms with E-state index >= 15 is 0 Å². The van der Waals surface area contributed by atoms with Crippen molar-refractivity contribution in [3.8, 4) is 0 Å². The lowest BCUT2D eigenvalue weighted by molar-refractivity contribution is -0.161. The van der Waals surface area contributed by atoms with Gasteiger partial charge in [-0.2, -0.15) is 0 Å². The number of rotatable bonds is 47. The third-order valence-corrected chi connectivity index (χ3v) is 14.6. The van der Waals surface area contributed by atoms with Gasteiger partial charge in [-0.1, -0.05) is 174 Å². The maximum absolute atomic E-state index is 12.9. The number of Topliss-reactive ketones (excluding diaryl/α,β-unsaturated/α-hetero) is 1. The van der Waals surface area contributed by atoms with E-state index < -0.39 is 96.4 Å². The van der Waals surface area contributed by atoms with Crippen molar-refractivity contribution in [2.24, 2.45) is 17.8 Å². The van der Waals surface area contributed by atoms with E-state index in [1.807, 2.05) is 0 Å². The molecular weight excluding hydrogens is 946 g/mol. The lowest BCUT2D eigenvalue weighted by Gasteiger charge is -2.21. The SMILES string of the molecule is CCCCC[C@H](O)/C=C/[C@@H]1[C@@H](CC(=O)CCCCC(=O)O[C@H](COC(=O)CCCCCCCCCCCCCCCCCCCCC(C)CC)COP(=O)(O)OC[C@@H](O)COP(=O)(O)O)[C@@H](O)C[C@H]1O. The van der Waals surface area contributed by atoms with Crippen LogP contribution < -0.4 is 0 Å². The number of carbonyl (C=O) groups is 3. The van der Waals surface area contributed by atoms with E-state index in [-0.39, 0.29) is 44.3 Å². The molecule has 70 heavy (non-hydrogen) atoms. The van der Waals surface area contributed by atoms with Crippen LogP contribution in [-0.4, -0.2) is 110 Å². The second-order valence-electron chi connectivity index (χ2n) is 19.7. The molecule has 412 valence electrons. The Morgan fingerprint density at radius 3 is 1.64 bits per heavy atom. The number of ether oxygens (including phenoxy) is 2. The predicted molar refractivity (Wildman–Crippen MR) is 269 cm³/mol. The molecule has 1 aliphatic carbocycles. The fourth-order valence-electron chi connectivity index (χ4n) is 8.62. The first-order chi connectivity index (χ1) is 33.4. The average molecular weight is 1040 g/mol. The number of ketones is 1. The lowest BCUT2D eigenvalue weighted by Crippen LogP contribution is -2.30. The van der Waals surface area contributed by atoms with Gasteiger partial charge in [-0.25, -0.2) is 9.13 Å². The Balaban J connectivity index is 2.45. The Labute approximate surface area is 420 Å². The minimum atomic E-state index is -4.92. The smallest absolute Gasteiger partial charge is 0.462 e. The molecule has 1 rings (SSSR count). The Morgan fingerprint density at radius 1 is 0.600 bits per heavy atom. The molecule has 0 radical (unpaired) electrons. The average Bonchev–Trinajstić information content (AvgIpc) is 3.57. The molecule has 0 bridgehead atoms. The highest BCUT2D eigenvalue weighted by molar-refractivity contribution is 7.47. The van der Waals surface area contributed by atoms with Crippen molar-refractivity contribution in [1.29, 1.82) is 0 Å². The quantitative estimate of drug-likeness (QED) is 0.0129. The van der Waals surface area contributed by atoms with Crippen molar-refractivity contribution in [3.05, 3.63) is 12.2 Å². The molecule has 17 nitrogen and oxygen atoms in total. The van der Waals surface area contributed by atoms with E-state index in [0.717, 1.165) is 50.9 Å². The van der Waals surface area contributed by atoms with Crippen LogP contribution in [0, 0.1) is 17.8 Å². The number of unbranched alkanes of at least 4 members (excludes halogenated alkanes) is 20. The second-order valence-corrected chi connectivity index (χ2v) is 22.4. The summed E-state index contributed by atoms with van der Waals surface area (Å²) in [5, 5.41) is 41.2. The third kappa shape index (κ3) is 37.2. The molecule has 0 spiro atoms. The third-order valence-electron chi connectivity index (χ3n) is 13.2. The van der Waals surface area contributed by atoms with Crippen molar-refractivity contribution in [2.45, 2.75) is 250 Å². The highest BCUT2D eigenvalue weighted by Crippen LogP contribution is 2.44. The zero-order valence-corrected chi connectivity index (χ0v) is 44.9. The van der Waals surface area contributed by atoms with Crippen molar-refractivity contribution in [3.63, 3.8) is 0 Å². The first-order valence-corrected chi connectivity index (χ1v) is 30.0. The van der Waals surface area contributed by atoms with Crippen LogP contribution in [0.3, 0.4) is 0 Å². The zero-order valence-electron chi connectivity index (χ0n) is 43.1. The first kappa shape index (κ1) is 66.4. The molecule has 19 heteroatoms. The number of hydrogen-bond acceptors (Lipinski definition) is 14. The predicted octanol–water partition coefficient (Wildman–Crippen LogP) is 10.3. The van der Waals surface area contributed by atoms with E-state index in [2.05, 4.69) is 29.8 Å².